The van der Waals surface area contributed by atoms with Gasteiger partial charge in [-0.3, -0.25) is 0 Å². The van der Waals surface area contributed by atoms with Gasteiger partial charge >= 0.3 is 0 Å². The van der Waals surface area contributed by atoms with Gasteiger partial charge in [-0.05, 0) is 58.5 Å². The number of halogens is 1. The monoisotopic (exact) mass is 529 g/mol. The molecule has 1 aliphatic heterocycles. The van der Waals surface area contributed by atoms with Crippen molar-refractivity contribution in [1.29, 1.82) is 0 Å². The molecule has 1 unspecified atom stereocenters. The molecule has 4 aromatic carbocycles. The number of benzene rings is 4. The highest BCUT2D eigenvalue weighted by molar-refractivity contribution is 9.10. The van der Waals surface area contributed by atoms with Gasteiger partial charge in [-0.25, -0.2) is 0 Å². The molecule has 0 saturated carbocycles. The first kappa shape index (κ1) is 23.5. The molecule has 1 N–H and O–H groups in total. The largest absolute Gasteiger partial charge is 0.493 e. The quantitative estimate of drug-likeness (QED) is 0.271. The number of methoxy groups -OCH3 is 1. The summed E-state index contributed by atoms with van der Waals surface area (Å²) in [5.41, 5.74) is 5.95. The van der Waals surface area contributed by atoms with Crippen molar-refractivity contribution in [2.45, 2.75) is 25.7 Å². The molecule has 35 heavy (non-hydrogen) atoms. The number of ether oxygens (including phenoxy) is 3. The molecule has 5 heteroatoms. The van der Waals surface area contributed by atoms with Gasteiger partial charge in [0.15, 0.2) is 11.5 Å². The van der Waals surface area contributed by atoms with Gasteiger partial charge in [0.25, 0.3) is 0 Å². The average Bonchev–Trinajstić information content (AvgIpc) is 2.91. The molecule has 0 spiro atoms. The number of nitrogens with one attached hydrogen (secondary N) is 1. The summed E-state index contributed by atoms with van der Waals surface area (Å²) in [4.78, 5) is 0. The van der Waals surface area contributed by atoms with Crippen LogP contribution in [0.25, 0.3) is 0 Å². The zero-order chi connectivity index (χ0) is 24.0. The number of hydrogen-bond acceptors (Lipinski definition) is 4. The summed E-state index contributed by atoms with van der Waals surface area (Å²) in [5, 5.41) is 3.67. The van der Waals surface area contributed by atoms with E-state index in [1.54, 1.807) is 7.11 Å². The number of hydrogen-bond donors (Lipinski definition) is 1. The molecule has 5 rings (SSSR count). The van der Waals surface area contributed by atoms with Crippen LogP contribution in [0.4, 0.5) is 0 Å². The van der Waals surface area contributed by atoms with E-state index in [2.05, 4.69) is 69.8 Å². The van der Waals surface area contributed by atoms with Crippen molar-refractivity contribution in [2.24, 2.45) is 0 Å². The molecular weight excluding hydrogens is 502 g/mol. The maximum atomic E-state index is 6.09. The van der Waals surface area contributed by atoms with Crippen LogP contribution in [-0.4, -0.2) is 13.7 Å². The molecule has 0 fully saturated rings. The third kappa shape index (κ3) is 5.53. The normalized spacial score (nSPS) is 14.7. The van der Waals surface area contributed by atoms with Gasteiger partial charge in [-0.1, -0.05) is 82.7 Å². The van der Waals surface area contributed by atoms with Gasteiger partial charge in [0.05, 0.1) is 13.2 Å². The van der Waals surface area contributed by atoms with E-state index in [9.17, 15) is 0 Å². The number of fused-ring (bicyclic) bond motifs is 1. The van der Waals surface area contributed by atoms with Crippen molar-refractivity contribution in [2.75, 3.05) is 13.7 Å². The van der Waals surface area contributed by atoms with E-state index in [1.807, 2.05) is 42.5 Å². The van der Waals surface area contributed by atoms with E-state index in [0.717, 1.165) is 45.6 Å². The van der Waals surface area contributed by atoms with Crippen LogP contribution < -0.4 is 19.5 Å². The van der Waals surface area contributed by atoms with E-state index >= 15 is 0 Å². The highest BCUT2D eigenvalue weighted by Crippen LogP contribution is 2.40. The van der Waals surface area contributed by atoms with E-state index in [0.29, 0.717) is 19.0 Å². The predicted molar refractivity (Wildman–Crippen MR) is 142 cm³/mol. The summed E-state index contributed by atoms with van der Waals surface area (Å²) < 4.78 is 18.9. The Kier molecular flexibility index (Phi) is 7.36. The van der Waals surface area contributed by atoms with Crippen molar-refractivity contribution < 1.29 is 14.2 Å². The van der Waals surface area contributed by atoms with Crippen molar-refractivity contribution >= 4 is 15.9 Å². The van der Waals surface area contributed by atoms with Gasteiger partial charge < -0.3 is 19.5 Å². The standard InChI is InChI=1S/C30H28BrNO3/c1-33-28-17-26(27(31)18-29(28)35-20-22-10-6-3-7-11-22)30-25-13-12-24(16-23(25)14-15-32-30)34-19-21-8-4-2-5-9-21/h2-13,16-18,30,32H,14-15,19-20H2,1H3. The van der Waals surface area contributed by atoms with Crippen molar-refractivity contribution in [3.05, 3.63) is 123 Å². The minimum Gasteiger partial charge on any atom is -0.493 e. The van der Waals surface area contributed by atoms with Gasteiger partial charge in [0.2, 0.25) is 0 Å². The molecule has 0 saturated heterocycles. The number of rotatable bonds is 8. The Morgan fingerprint density at radius 3 is 2.14 bits per heavy atom. The third-order valence-electron chi connectivity index (χ3n) is 6.25. The zero-order valence-corrected chi connectivity index (χ0v) is 21.3. The Bertz CT molecular complexity index is 1280. The van der Waals surface area contributed by atoms with Crippen LogP contribution in [0.1, 0.15) is 33.9 Å². The molecule has 178 valence electrons. The summed E-state index contributed by atoms with van der Waals surface area (Å²) >= 11 is 3.79. The van der Waals surface area contributed by atoms with Crippen LogP contribution in [-0.2, 0) is 19.6 Å². The zero-order valence-electron chi connectivity index (χ0n) is 19.7. The molecule has 0 amide bonds. The average molecular weight is 530 g/mol. The van der Waals surface area contributed by atoms with Crippen molar-refractivity contribution in [1.82, 2.24) is 5.32 Å². The Morgan fingerprint density at radius 2 is 1.46 bits per heavy atom. The van der Waals surface area contributed by atoms with Gasteiger partial charge in [0, 0.05) is 11.0 Å². The van der Waals surface area contributed by atoms with Crippen molar-refractivity contribution in [3.8, 4) is 17.2 Å². The fourth-order valence-corrected chi connectivity index (χ4v) is 4.98. The molecule has 4 aromatic rings. The Hall–Kier alpha value is -3.28. The van der Waals surface area contributed by atoms with Crippen LogP contribution in [0.5, 0.6) is 17.2 Å². The second-order valence-electron chi connectivity index (χ2n) is 8.57. The SMILES string of the molecule is COc1cc(C2NCCc3cc(OCc4ccccc4)ccc32)c(Br)cc1OCc1ccccc1. The Labute approximate surface area is 215 Å². The van der Waals surface area contributed by atoms with Gasteiger partial charge in [-0.15, -0.1) is 0 Å². The summed E-state index contributed by atoms with van der Waals surface area (Å²) in [6, 6.07) is 30.9. The maximum absolute atomic E-state index is 6.09. The molecular formula is C30H28BrNO3. The second-order valence-corrected chi connectivity index (χ2v) is 9.43. The minimum atomic E-state index is 0.0494. The van der Waals surface area contributed by atoms with Crippen LogP contribution in [0.15, 0.2) is 95.5 Å². The Balaban J connectivity index is 1.36. The highest BCUT2D eigenvalue weighted by Gasteiger charge is 2.25. The minimum absolute atomic E-state index is 0.0494. The van der Waals surface area contributed by atoms with Gasteiger partial charge in [0.1, 0.15) is 19.0 Å². The molecule has 0 aliphatic carbocycles. The first-order chi connectivity index (χ1) is 17.2. The summed E-state index contributed by atoms with van der Waals surface area (Å²) in [5.74, 6) is 2.33. The third-order valence-corrected chi connectivity index (χ3v) is 6.93. The summed E-state index contributed by atoms with van der Waals surface area (Å²) in [7, 11) is 1.68. The lowest BCUT2D eigenvalue weighted by molar-refractivity contribution is 0.284. The lowest BCUT2D eigenvalue weighted by Gasteiger charge is -2.29. The van der Waals surface area contributed by atoms with Crippen LogP contribution >= 0.6 is 15.9 Å². The van der Waals surface area contributed by atoms with E-state index < -0.39 is 0 Å². The fraction of sp³-hybridized carbons (Fsp3) is 0.200. The lowest BCUT2D eigenvalue weighted by Crippen LogP contribution is -2.30. The topological polar surface area (TPSA) is 39.7 Å². The summed E-state index contributed by atoms with van der Waals surface area (Å²) in [6.45, 7) is 1.94. The van der Waals surface area contributed by atoms with Crippen molar-refractivity contribution in [3.63, 3.8) is 0 Å². The molecule has 1 aliphatic rings. The Morgan fingerprint density at radius 1 is 0.771 bits per heavy atom. The second kappa shape index (κ2) is 11.0. The van der Waals surface area contributed by atoms with Crippen LogP contribution in [0, 0.1) is 0 Å². The fourth-order valence-electron chi connectivity index (χ4n) is 4.43. The molecule has 1 atom stereocenters. The maximum Gasteiger partial charge on any atom is 0.162 e. The molecule has 4 nitrogen and oxygen atoms in total. The van der Waals surface area contributed by atoms with Crippen LogP contribution in [0.2, 0.25) is 0 Å². The molecule has 1 heterocycles. The summed E-state index contributed by atoms with van der Waals surface area (Å²) in [6.07, 6.45) is 0.960. The van der Waals surface area contributed by atoms with E-state index in [-0.39, 0.29) is 6.04 Å². The first-order valence-electron chi connectivity index (χ1n) is 11.8. The smallest absolute Gasteiger partial charge is 0.162 e. The molecule has 0 radical (unpaired) electrons. The first-order valence-corrected chi connectivity index (χ1v) is 12.6. The highest BCUT2D eigenvalue weighted by atomic mass is 79.9. The van der Waals surface area contributed by atoms with E-state index in [4.69, 9.17) is 14.2 Å². The van der Waals surface area contributed by atoms with E-state index in [1.165, 1.54) is 11.1 Å². The predicted octanol–water partition coefficient (Wildman–Crippen LogP) is 6.85. The molecule has 0 bridgehead atoms. The van der Waals surface area contributed by atoms with Crippen LogP contribution in [0.3, 0.4) is 0 Å². The lowest BCUT2D eigenvalue weighted by atomic mass is 9.89. The molecule has 0 aromatic heterocycles. The van der Waals surface area contributed by atoms with Gasteiger partial charge in [-0.2, -0.15) is 0 Å².